The number of urea groups is 1. The first-order valence-corrected chi connectivity index (χ1v) is 12.5. The van der Waals surface area contributed by atoms with Crippen molar-refractivity contribution in [2.45, 2.75) is 91.6 Å². The molecule has 2 N–H and O–H groups in total. The number of aryl methyl sites for hydroxylation is 1. The average molecular weight is 475 g/mol. The molecule has 1 aromatic rings. The molecule has 0 spiro atoms. The van der Waals surface area contributed by atoms with Crippen LogP contribution in [0.1, 0.15) is 84.8 Å². The number of halogens is 1. The van der Waals surface area contributed by atoms with Gasteiger partial charge in [-0.2, -0.15) is 0 Å². The molecule has 2 aliphatic rings. The second-order valence-corrected chi connectivity index (χ2v) is 11.8. The number of carboxylic acids is 1. The highest BCUT2D eigenvalue weighted by molar-refractivity contribution is 6.31. The van der Waals surface area contributed by atoms with Crippen LogP contribution in [0.15, 0.2) is 30.0 Å². The van der Waals surface area contributed by atoms with E-state index in [0.29, 0.717) is 25.7 Å². The minimum Gasteiger partial charge on any atom is -0.481 e. The summed E-state index contributed by atoms with van der Waals surface area (Å²) in [6.45, 7) is 13.0. The van der Waals surface area contributed by atoms with Crippen molar-refractivity contribution >= 4 is 23.6 Å². The van der Waals surface area contributed by atoms with Crippen LogP contribution in [0.2, 0.25) is 5.02 Å². The summed E-state index contributed by atoms with van der Waals surface area (Å²) >= 11 is 6.70. The number of rotatable bonds is 6. The maximum absolute atomic E-state index is 13.3. The van der Waals surface area contributed by atoms with Gasteiger partial charge >= 0.3 is 12.0 Å². The van der Waals surface area contributed by atoms with Crippen LogP contribution < -0.4 is 5.32 Å². The molecule has 1 saturated carbocycles. The molecule has 182 valence electrons. The summed E-state index contributed by atoms with van der Waals surface area (Å²) in [5, 5.41) is 13.3. The molecule has 33 heavy (non-hydrogen) atoms. The van der Waals surface area contributed by atoms with Gasteiger partial charge in [0.1, 0.15) is 0 Å². The van der Waals surface area contributed by atoms with Gasteiger partial charge in [-0.25, -0.2) is 4.79 Å². The van der Waals surface area contributed by atoms with Crippen LogP contribution in [0.5, 0.6) is 0 Å². The number of carboxylic acid groups (broad SMARTS) is 1. The van der Waals surface area contributed by atoms with Crippen molar-refractivity contribution in [1.29, 1.82) is 0 Å². The van der Waals surface area contributed by atoms with E-state index in [9.17, 15) is 14.7 Å². The Morgan fingerprint density at radius 3 is 2.39 bits per heavy atom. The number of hydrogen-bond acceptors (Lipinski definition) is 2. The maximum atomic E-state index is 13.3. The third kappa shape index (κ3) is 5.74. The minimum absolute atomic E-state index is 0.0299. The van der Waals surface area contributed by atoms with Crippen molar-refractivity contribution in [3.8, 4) is 0 Å². The first-order chi connectivity index (χ1) is 15.3. The SMILES string of the molecule is CC(C)C1=CN([C@H]2CC[C@H](C(=O)O)CC2)C(=O)NC1(C)c1ccc(CCC(C)(C)C)c(Cl)c1. The highest BCUT2D eigenvalue weighted by Crippen LogP contribution is 2.40. The second-order valence-electron chi connectivity index (χ2n) is 11.4. The van der Waals surface area contributed by atoms with Gasteiger partial charge < -0.3 is 10.4 Å². The fourth-order valence-electron chi connectivity index (χ4n) is 5.10. The van der Waals surface area contributed by atoms with Crippen LogP contribution in [-0.4, -0.2) is 28.0 Å². The van der Waals surface area contributed by atoms with E-state index in [0.717, 1.165) is 34.6 Å². The fourth-order valence-corrected chi connectivity index (χ4v) is 5.37. The number of hydrogen-bond donors (Lipinski definition) is 2. The van der Waals surface area contributed by atoms with Crippen molar-refractivity contribution in [2.24, 2.45) is 17.3 Å². The zero-order chi connectivity index (χ0) is 24.6. The van der Waals surface area contributed by atoms with Crippen molar-refractivity contribution in [1.82, 2.24) is 10.2 Å². The van der Waals surface area contributed by atoms with E-state index in [1.54, 1.807) is 4.90 Å². The summed E-state index contributed by atoms with van der Waals surface area (Å²) in [7, 11) is 0. The number of carbonyl (C=O) groups is 2. The van der Waals surface area contributed by atoms with Crippen molar-refractivity contribution in [3.05, 3.63) is 46.1 Å². The molecule has 1 fully saturated rings. The largest absolute Gasteiger partial charge is 0.481 e. The summed E-state index contributed by atoms with van der Waals surface area (Å²) in [6.07, 6.45) is 6.61. The molecule has 5 nitrogen and oxygen atoms in total. The number of benzene rings is 1. The molecule has 2 amide bonds. The number of aliphatic carboxylic acids is 1. The Morgan fingerprint density at radius 2 is 1.88 bits per heavy atom. The number of nitrogens with one attached hydrogen (secondary N) is 1. The van der Waals surface area contributed by atoms with Gasteiger partial charge in [-0.15, -0.1) is 0 Å². The minimum atomic E-state index is -0.731. The summed E-state index contributed by atoms with van der Waals surface area (Å²) < 4.78 is 0. The first kappa shape index (κ1) is 25.6. The summed E-state index contributed by atoms with van der Waals surface area (Å²) in [4.78, 5) is 26.4. The zero-order valence-electron chi connectivity index (χ0n) is 20.9. The molecule has 1 aromatic carbocycles. The number of carbonyl (C=O) groups excluding carboxylic acids is 1. The molecule has 1 aliphatic carbocycles. The molecule has 1 aliphatic heterocycles. The predicted octanol–water partition coefficient (Wildman–Crippen LogP) is 6.74. The van der Waals surface area contributed by atoms with E-state index in [1.807, 2.05) is 12.3 Å². The lowest BCUT2D eigenvalue weighted by molar-refractivity contribution is -0.143. The van der Waals surface area contributed by atoms with Gasteiger partial charge in [0.05, 0.1) is 11.5 Å². The molecule has 1 heterocycles. The van der Waals surface area contributed by atoms with Crippen LogP contribution in [0, 0.1) is 17.3 Å². The molecule has 0 saturated heterocycles. The molecule has 3 rings (SSSR count). The van der Waals surface area contributed by atoms with Gasteiger partial charge in [-0.1, -0.05) is 58.4 Å². The Bertz CT molecular complexity index is 926. The van der Waals surface area contributed by atoms with Crippen LogP contribution in [0.3, 0.4) is 0 Å². The van der Waals surface area contributed by atoms with E-state index >= 15 is 0 Å². The van der Waals surface area contributed by atoms with Gasteiger partial charge in [0.2, 0.25) is 0 Å². The van der Waals surface area contributed by atoms with Gasteiger partial charge in [0, 0.05) is 17.3 Å². The monoisotopic (exact) mass is 474 g/mol. The Hall–Kier alpha value is -2.01. The van der Waals surface area contributed by atoms with Gasteiger partial charge in [0.15, 0.2) is 0 Å². The van der Waals surface area contributed by atoms with E-state index in [4.69, 9.17) is 11.6 Å². The highest BCUT2D eigenvalue weighted by Gasteiger charge is 2.42. The summed E-state index contributed by atoms with van der Waals surface area (Å²) in [6, 6.07) is 6.09. The third-order valence-corrected chi connectivity index (χ3v) is 7.63. The van der Waals surface area contributed by atoms with E-state index in [2.05, 4.69) is 59.0 Å². The smallest absolute Gasteiger partial charge is 0.322 e. The summed E-state index contributed by atoms with van der Waals surface area (Å²) in [5.74, 6) is -0.815. The van der Waals surface area contributed by atoms with Gasteiger partial charge in [-0.05, 0) is 79.5 Å². The molecule has 6 heteroatoms. The Kier molecular flexibility index (Phi) is 7.52. The second kappa shape index (κ2) is 9.69. The van der Waals surface area contributed by atoms with Crippen LogP contribution >= 0.6 is 11.6 Å². The summed E-state index contributed by atoms with van der Waals surface area (Å²) in [5.41, 5.74) is 2.83. The van der Waals surface area contributed by atoms with Gasteiger partial charge in [0.25, 0.3) is 0 Å². The third-order valence-electron chi connectivity index (χ3n) is 7.28. The normalized spacial score (nSPS) is 26.2. The van der Waals surface area contributed by atoms with E-state index in [1.165, 1.54) is 0 Å². The highest BCUT2D eigenvalue weighted by atomic mass is 35.5. The van der Waals surface area contributed by atoms with Crippen molar-refractivity contribution < 1.29 is 14.7 Å². The lowest BCUT2D eigenvalue weighted by Crippen LogP contribution is -2.57. The quantitative estimate of drug-likeness (QED) is 0.479. The first-order valence-electron chi connectivity index (χ1n) is 12.2. The predicted molar refractivity (Wildman–Crippen MR) is 133 cm³/mol. The molecule has 1 atom stereocenters. The molecule has 0 aromatic heterocycles. The maximum Gasteiger partial charge on any atom is 0.322 e. The zero-order valence-corrected chi connectivity index (χ0v) is 21.6. The topological polar surface area (TPSA) is 69.6 Å². The molecule has 1 unspecified atom stereocenters. The fraction of sp³-hybridized carbons (Fsp3) is 0.630. The standard InChI is InChI=1S/C27H39ClN2O3/c1-17(2)22-16-30(21-11-8-19(9-12-21)24(31)32)25(33)29-27(22,6)20-10-7-18(23(28)15-20)13-14-26(3,4)5/h7,10,15-17,19,21H,8-9,11-14H2,1-6H3,(H,29,33)(H,31,32)/t19-,21-,27?. The Labute approximate surface area is 203 Å². The molecular formula is C27H39ClN2O3. The van der Waals surface area contributed by atoms with Crippen molar-refractivity contribution in [3.63, 3.8) is 0 Å². The molecule has 0 radical (unpaired) electrons. The van der Waals surface area contributed by atoms with Gasteiger partial charge in [-0.3, -0.25) is 9.69 Å². The number of amides is 2. The lowest BCUT2D eigenvalue weighted by atomic mass is 9.77. The van der Waals surface area contributed by atoms with E-state index < -0.39 is 11.5 Å². The van der Waals surface area contributed by atoms with E-state index in [-0.39, 0.29) is 29.3 Å². The number of nitrogens with zero attached hydrogens (tertiary/aromatic N) is 1. The molecule has 0 bridgehead atoms. The van der Waals surface area contributed by atoms with Crippen LogP contribution in [-0.2, 0) is 16.8 Å². The Balaban J connectivity index is 1.87. The van der Waals surface area contributed by atoms with Crippen LogP contribution in [0.25, 0.3) is 0 Å². The molecular weight excluding hydrogens is 436 g/mol. The Morgan fingerprint density at radius 1 is 1.24 bits per heavy atom. The van der Waals surface area contributed by atoms with Crippen molar-refractivity contribution in [2.75, 3.05) is 0 Å². The average Bonchev–Trinajstić information content (AvgIpc) is 2.72. The lowest BCUT2D eigenvalue weighted by Gasteiger charge is -2.45. The van der Waals surface area contributed by atoms with Crippen LogP contribution in [0.4, 0.5) is 4.79 Å².